The van der Waals surface area contributed by atoms with E-state index >= 15 is 0 Å². The molecule has 0 radical (unpaired) electrons. The molecule has 10 heavy (non-hydrogen) atoms. The normalized spacial score (nSPS) is 17.0. The highest BCUT2D eigenvalue weighted by Gasteiger charge is 2.04. The summed E-state index contributed by atoms with van der Waals surface area (Å²) in [5.41, 5.74) is 0. The molecule has 1 heterocycles. The molecule has 1 rings (SSSR count). The van der Waals surface area contributed by atoms with Crippen molar-refractivity contribution < 1.29 is 4.74 Å². The van der Waals surface area contributed by atoms with E-state index < -0.39 is 0 Å². The fourth-order valence-electron chi connectivity index (χ4n) is 0.893. The molecule has 1 aliphatic rings. The Hall–Kier alpha value is -0.920. The molecule has 0 aromatic rings. The molecule has 2 heteroatoms. The molecule has 1 aliphatic heterocycles. The van der Waals surface area contributed by atoms with Crippen LogP contribution in [0.25, 0.3) is 0 Å². The minimum Gasteiger partial charge on any atom is -0.479 e. The lowest BCUT2D eigenvalue weighted by Crippen LogP contribution is -2.21. The van der Waals surface area contributed by atoms with E-state index in [1.165, 1.54) is 0 Å². The Labute approximate surface area is 61.8 Å². The van der Waals surface area contributed by atoms with Gasteiger partial charge < -0.3 is 9.64 Å². The third kappa shape index (κ3) is 1.53. The molecular formula is C8H13NO. The number of rotatable bonds is 2. The highest BCUT2D eigenvalue weighted by atomic mass is 16.5. The number of allylic oxidation sites excluding steroid dienone is 2. The SMILES string of the molecule is CCOC1=CC=CCN1C. The predicted octanol–water partition coefficient (Wildman–Crippen LogP) is 1.37. The number of hydrogen-bond acceptors (Lipinski definition) is 2. The second kappa shape index (κ2) is 3.30. The van der Waals surface area contributed by atoms with Crippen LogP contribution in [-0.4, -0.2) is 25.1 Å². The summed E-state index contributed by atoms with van der Waals surface area (Å²) < 4.78 is 5.33. The summed E-state index contributed by atoms with van der Waals surface area (Å²) in [5.74, 6) is 0.963. The molecule has 0 bridgehead atoms. The topological polar surface area (TPSA) is 12.5 Å². The lowest BCUT2D eigenvalue weighted by Gasteiger charge is -2.22. The first kappa shape index (κ1) is 7.19. The molecule has 0 unspecified atom stereocenters. The van der Waals surface area contributed by atoms with E-state index in [1.54, 1.807) is 0 Å². The molecule has 0 aliphatic carbocycles. The molecule has 0 amide bonds. The first-order valence-electron chi connectivity index (χ1n) is 3.55. The van der Waals surface area contributed by atoms with Gasteiger partial charge in [0, 0.05) is 13.6 Å². The quantitative estimate of drug-likeness (QED) is 0.573. The van der Waals surface area contributed by atoms with Crippen LogP contribution in [0, 0.1) is 0 Å². The number of nitrogens with zero attached hydrogens (tertiary/aromatic N) is 1. The van der Waals surface area contributed by atoms with Crippen molar-refractivity contribution in [2.45, 2.75) is 6.92 Å². The minimum absolute atomic E-state index is 0.740. The number of likely N-dealkylation sites (N-methyl/N-ethyl adjacent to an activating group) is 1. The van der Waals surface area contributed by atoms with Crippen molar-refractivity contribution in [1.29, 1.82) is 0 Å². The third-order valence-corrected chi connectivity index (χ3v) is 1.42. The van der Waals surface area contributed by atoms with Gasteiger partial charge in [0.05, 0.1) is 6.61 Å². The van der Waals surface area contributed by atoms with Crippen molar-refractivity contribution in [3.8, 4) is 0 Å². The van der Waals surface area contributed by atoms with Gasteiger partial charge in [0.15, 0.2) is 5.88 Å². The van der Waals surface area contributed by atoms with Gasteiger partial charge in [-0.1, -0.05) is 12.2 Å². The summed E-state index contributed by atoms with van der Waals surface area (Å²) in [6.07, 6.45) is 6.10. The average molecular weight is 139 g/mol. The van der Waals surface area contributed by atoms with Crippen LogP contribution in [0.5, 0.6) is 0 Å². The minimum atomic E-state index is 0.740. The van der Waals surface area contributed by atoms with Crippen molar-refractivity contribution in [3.05, 3.63) is 24.1 Å². The van der Waals surface area contributed by atoms with Crippen LogP contribution < -0.4 is 0 Å². The van der Waals surface area contributed by atoms with E-state index in [9.17, 15) is 0 Å². The van der Waals surface area contributed by atoms with Crippen molar-refractivity contribution in [2.24, 2.45) is 0 Å². The van der Waals surface area contributed by atoms with Gasteiger partial charge in [-0.05, 0) is 13.0 Å². The van der Waals surface area contributed by atoms with Crippen LogP contribution in [0.1, 0.15) is 6.92 Å². The molecule has 0 saturated carbocycles. The van der Waals surface area contributed by atoms with Crippen LogP contribution in [0.4, 0.5) is 0 Å². The number of hydrogen-bond donors (Lipinski definition) is 0. The van der Waals surface area contributed by atoms with Crippen molar-refractivity contribution in [2.75, 3.05) is 20.2 Å². The highest BCUT2D eigenvalue weighted by Crippen LogP contribution is 2.07. The monoisotopic (exact) mass is 139 g/mol. The summed E-state index contributed by atoms with van der Waals surface area (Å²) in [5, 5.41) is 0. The smallest absolute Gasteiger partial charge is 0.189 e. The molecule has 0 aromatic carbocycles. The predicted molar refractivity (Wildman–Crippen MR) is 41.5 cm³/mol. The first-order chi connectivity index (χ1) is 4.84. The molecule has 0 atom stereocenters. The Bertz CT molecular complexity index is 161. The van der Waals surface area contributed by atoms with Gasteiger partial charge in [0.1, 0.15) is 0 Å². The molecule has 0 spiro atoms. The summed E-state index contributed by atoms with van der Waals surface area (Å²) in [6, 6.07) is 0. The first-order valence-corrected chi connectivity index (χ1v) is 3.55. The van der Waals surface area contributed by atoms with Crippen LogP contribution >= 0.6 is 0 Å². The maximum Gasteiger partial charge on any atom is 0.189 e. The van der Waals surface area contributed by atoms with Gasteiger partial charge in [0.25, 0.3) is 0 Å². The fourth-order valence-corrected chi connectivity index (χ4v) is 0.893. The van der Waals surface area contributed by atoms with Crippen molar-refractivity contribution in [1.82, 2.24) is 4.90 Å². The molecule has 0 N–H and O–H groups in total. The summed E-state index contributed by atoms with van der Waals surface area (Å²) in [7, 11) is 2.02. The van der Waals surface area contributed by atoms with E-state index in [1.807, 2.05) is 26.1 Å². The van der Waals surface area contributed by atoms with Crippen LogP contribution in [0.15, 0.2) is 24.1 Å². The molecule has 56 valence electrons. The maximum absolute atomic E-state index is 5.33. The number of ether oxygens (including phenoxy) is 1. The Morgan fingerprint density at radius 1 is 1.70 bits per heavy atom. The summed E-state index contributed by atoms with van der Waals surface area (Å²) >= 11 is 0. The Kier molecular flexibility index (Phi) is 2.37. The average Bonchev–Trinajstić information content (AvgIpc) is 1.94. The van der Waals surface area contributed by atoms with E-state index in [4.69, 9.17) is 4.74 Å². The Balaban J connectivity index is 2.52. The Morgan fingerprint density at radius 2 is 2.50 bits per heavy atom. The van der Waals surface area contributed by atoms with Gasteiger partial charge in [0.2, 0.25) is 0 Å². The van der Waals surface area contributed by atoms with Crippen molar-refractivity contribution in [3.63, 3.8) is 0 Å². The van der Waals surface area contributed by atoms with Gasteiger partial charge >= 0.3 is 0 Å². The van der Waals surface area contributed by atoms with E-state index in [2.05, 4.69) is 11.0 Å². The third-order valence-electron chi connectivity index (χ3n) is 1.42. The highest BCUT2D eigenvalue weighted by molar-refractivity contribution is 5.12. The fraction of sp³-hybridized carbons (Fsp3) is 0.500. The van der Waals surface area contributed by atoms with E-state index in [0.29, 0.717) is 0 Å². The van der Waals surface area contributed by atoms with E-state index in [-0.39, 0.29) is 0 Å². The summed E-state index contributed by atoms with van der Waals surface area (Å²) in [6.45, 7) is 3.68. The lowest BCUT2D eigenvalue weighted by molar-refractivity contribution is 0.142. The molecule has 0 aromatic heterocycles. The van der Waals surface area contributed by atoms with Gasteiger partial charge in [-0.2, -0.15) is 0 Å². The zero-order chi connectivity index (χ0) is 7.40. The molecular weight excluding hydrogens is 126 g/mol. The lowest BCUT2D eigenvalue weighted by atomic mass is 10.3. The molecule has 2 nitrogen and oxygen atoms in total. The largest absolute Gasteiger partial charge is 0.479 e. The standard InChI is InChI=1S/C8H13NO/c1-3-10-8-6-4-5-7-9(8)2/h4-6H,3,7H2,1-2H3. The van der Waals surface area contributed by atoms with E-state index in [0.717, 1.165) is 19.0 Å². The second-order valence-corrected chi connectivity index (χ2v) is 2.25. The van der Waals surface area contributed by atoms with Crippen LogP contribution in [-0.2, 0) is 4.74 Å². The second-order valence-electron chi connectivity index (χ2n) is 2.25. The Morgan fingerprint density at radius 3 is 3.10 bits per heavy atom. The van der Waals surface area contributed by atoms with Crippen LogP contribution in [0.3, 0.4) is 0 Å². The summed E-state index contributed by atoms with van der Waals surface area (Å²) in [4.78, 5) is 2.07. The van der Waals surface area contributed by atoms with Gasteiger partial charge in [-0.3, -0.25) is 0 Å². The van der Waals surface area contributed by atoms with Crippen LogP contribution in [0.2, 0.25) is 0 Å². The van der Waals surface area contributed by atoms with Crippen molar-refractivity contribution >= 4 is 0 Å². The van der Waals surface area contributed by atoms with Gasteiger partial charge in [-0.15, -0.1) is 0 Å². The zero-order valence-corrected chi connectivity index (χ0v) is 6.50. The maximum atomic E-state index is 5.33. The van der Waals surface area contributed by atoms with Gasteiger partial charge in [-0.25, -0.2) is 0 Å². The zero-order valence-electron chi connectivity index (χ0n) is 6.50. The molecule has 0 saturated heterocycles. The molecule has 0 fully saturated rings.